The van der Waals surface area contributed by atoms with Crippen molar-refractivity contribution >= 4 is 5.97 Å². The molecule has 0 spiro atoms. The molecule has 0 aliphatic heterocycles. The second-order valence-electron chi connectivity index (χ2n) is 3.52. The molecule has 0 saturated heterocycles. The minimum absolute atomic E-state index is 0.213. The van der Waals surface area contributed by atoms with Crippen LogP contribution in [0.1, 0.15) is 33.6 Å². The third-order valence-electron chi connectivity index (χ3n) is 0.987. The van der Waals surface area contributed by atoms with E-state index in [1.54, 1.807) is 20.8 Å². The molecule has 0 rings (SSSR count). The van der Waals surface area contributed by atoms with Crippen LogP contribution in [0.15, 0.2) is 0 Å². The van der Waals surface area contributed by atoms with Crippen LogP contribution in [0.3, 0.4) is 0 Å². The molecule has 0 aromatic heterocycles. The van der Waals surface area contributed by atoms with Gasteiger partial charge in [-0.3, -0.25) is 4.79 Å². The Bertz CT molecular complexity index is 150. The van der Waals surface area contributed by atoms with Crippen molar-refractivity contribution in [3.8, 4) is 0 Å². The molecule has 0 aliphatic rings. The third-order valence-corrected chi connectivity index (χ3v) is 0.987. The minimum atomic E-state index is -2.43. The number of ether oxygens (including phenoxy) is 1. The lowest BCUT2D eigenvalue weighted by Gasteiger charge is -2.19. The van der Waals surface area contributed by atoms with Gasteiger partial charge < -0.3 is 4.74 Å². The van der Waals surface area contributed by atoms with Crippen molar-refractivity contribution in [2.45, 2.75) is 45.6 Å². The van der Waals surface area contributed by atoms with Crippen molar-refractivity contribution in [3.05, 3.63) is 0 Å². The fourth-order valence-corrected chi connectivity index (χ4v) is 0.619. The van der Waals surface area contributed by atoms with Gasteiger partial charge in [0.25, 0.3) is 0 Å². The van der Waals surface area contributed by atoms with E-state index in [1.807, 2.05) is 0 Å². The van der Waals surface area contributed by atoms with Gasteiger partial charge in [0.1, 0.15) is 5.60 Å². The Balaban J connectivity index is 3.61. The molecular formula is C8H14F2O2. The summed E-state index contributed by atoms with van der Waals surface area (Å²) in [6.07, 6.45) is -3.07. The summed E-state index contributed by atoms with van der Waals surface area (Å²) in [5.74, 6) is -0.567. The smallest absolute Gasteiger partial charge is 0.306 e. The van der Waals surface area contributed by atoms with E-state index in [1.165, 1.54) is 0 Å². The molecular weight excluding hydrogens is 166 g/mol. The molecule has 72 valence electrons. The van der Waals surface area contributed by atoms with Crippen LogP contribution in [-0.4, -0.2) is 18.0 Å². The summed E-state index contributed by atoms with van der Waals surface area (Å²) in [6.45, 7) is 5.10. The monoisotopic (exact) mass is 180 g/mol. The SMILES string of the molecule is CC(C)(C)OC(=O)CCC(F)F. The van der Waals surface area contributed by atoms with Crippen LogP contribution in [-0.2, 0) is 9.53 Å². The second kappa shape index (κ2) is 4.38. The summed E-state index contributed by atoms with van der Waals surface area (Å²) in [4.78, 5) is 10.8. The van der Waals surface area contributed by atoms with Gasteiger partial charge in [-0.25, -0.2) is 8.78 Å². The van der Waals surface area contributed by atoms with Crippen molar-refractivity contribution in [1.82, 2.24) is 0 Å². The number of esters is 1. The zero-order valence-corrected chi connectivity index (χ0v) is 7.56. The first-order valence-corrected chi connectivity index (χ1v) is 3.81. The molecule has 12 heavy (non-hydrogen) atoms. The fourth-order valence-electron chi connectivity index (χ4n) is 0.619. The molecule has 4 heteroatoms. The predicted molar refractivity (Wildman–Crippen MR) is 41.1 cm³/mol. The highest BCUT2D eigenvalue weighted by molar-refractivity contribution is 5.69. The number of halogens is 2. The van der Waals surface area contributed by atoms with Gasteiger partial charge in [0.05, 0.1) is 6.42 Å². The highest BCUT2D eigenvalue weighted by Gasteiger charge is 2.17. The highest BCUT2D eigenvalue weighted by Crippen LogP contribution is 2.11. The Morgan fingerprint density at radius 3 is 2.25 bits per heavy atom. The molecule has 0 aromatic rings. The van der Waals surface area contributed by atoms with Crippen LogP contribution >= 0.6 is 0 Å². The lowest BCUT2D eigenvalue weighted by atomic mass is 10.2. The van der Waals surface area contributed by atoms with Crippen LogP contribution in [0.2, 0.25) is 0 Å². The first kappa shape index (κ1) is 11.3. The molecule has 0 radical (unpaired) electrons. The van der Waals surface area contributed by atoms with Gasteiger partial charge in [0, 0.05) is 6.42 Å². The molecule has 2 nitrogen and oxygen atoms in total. The van der Waals surface area contributed by atoms with Crippen LogP contribution in [0.25, 0.3) is 0 Å². The Labute approximate surface area is 70.9 Å². The van der Waals surface area contributed by atoms with E-state index in [0.29, 0.717) is 0 Å². The second-order valence-corrected chi connectivity index (χ2v) is 3.52. The van der Waals surface area contributed by atoms with Crippen LogP contribution < -0.4 is 0 Å². The molecule has 0 N–H and O–H groups in total. The molecule has 0 amide bonds. The standard InChI is InChI=1S/C8H14F2O2/c1-8(2,3)12-7(11)5-4-6(9)10/h6H,4-5H2,1-3H3. The Morgan fingerprint density at radius 1 is 1.42 bits per heavy atom. The lowest BCUT2D eigenvalue weighted by molar-refractivity contribution is -0.155. The molecule has 0 unspecified atom stereocenters. The van der Waals surface area contributed by atoms with E-state index in [9.17, 15) is 13.6 Å². The highest BCUT2D eigenvalue weighted by atomic mass is 19.3. The summed E-state index contributed by atoms with van der Waals surface area (Å²) >= 11 is 0. The molecule has 0 bridgehead atoms. The normalized spacial score (nSPS) is 11.8. The zero-order chi connectivity index (χ0) is 9.78. The van der Waals surface area contributed by atoms with Gasteiger partial charge in [-0.05, 0) is 20.8 Å². The maximum atomic E-state index is 11.6. The van der Waals surface area contributed by atoms with E-state index in [2.05, 4.69) is 0 Å². The summed E-state index contributed by atoms with van der Waals surface area (Å²) in [5, 5.41) is 0. The van der Waals surface area contributed by atoms with Crippen LogP contribution in [0, 0.1) is 0 Å². The van der Waals surface area contributed by atoms with Crippen molar-refractivity contribution in [2.75, 3.05) is 0 Å². The lowest BCUT2D eigenvalue weighted by Crippen LogP contribution is -2.23. The number of carbonyl (C=O) groups excluding carboxylic acids is 1. The maximum Gasteiger partial charge on any atom is 0.306 e. The van der Waals surface area contributed by atoms with Gasteiger partial charge in [-0.2, -0.15) is 0 Å². The van der Waals surface area contributed by atoms with Crippen LogP contribution in [0.4, 0.5) is 8.78 Å². The first-order valence-electron chi connectivity index (χ1n) is 3.81. The molecule has 0 heterocycles. The average Bonchev–Trinajstić information content (AvgIpc) is 1.79. The van der Waals surface area contributed by atoms with Crippen LogP contribution in [0.5, 0.6) is 0 Å². The number of hydrogen-bond donors (Lipinski definition) is 0. The molecule has 0 saturated carbocycles. The third kappa shape index (κ3) is 7.44. The van der Waals surface area contributed by atoms with E-state index in [-0.39, 0.29) is 6.42 Å². The Morgan fingerprint density at radius 2 is 1.92 bits per heavy atom. The van der Waals surface area contributed by atoms with Gasteiger partial charge in [0.15, 0.2) is 0 Å². The summed E-state index contributed by atoms with van der Waals surface area (Å²) in [5.41, 5.74) is -0.584. The number of rotatable bonds is 3. The number of carbonyl (C=O) groups is 1. The van der Waals surface area contributed by atoms with Gasteiger partial charge in [-0.1, -0.05) is 0 Å². The molecule has 0 aliphatic carbocycles. The number of hydrogen-bond acceptors (Lipinski definition) is 2. The molecule has 0 fully saturated rings. The summed E-state index contributed by atoms with van der Waals surface area (Å²) < 4.78 is 28.1. The Kier molecular flexibility index (Phi) is 4.13. The van der Waals surface area contributed by atoms with Gasteiger partial charge in [-0.15, -0.1) is 0 Å². The maximum absolute atomic E-state index is 11.6. The van der Waals surface area contributed by atoms with E-state index < -0.39 is 24.4 Å². The average molecular weight is 180 g/mol. The van der Waals surface area contributed by atoms with E-state index in [0.717, 1.165) is 0 Å². The van der Waals surface area contributed by atoms with Gasteiger partial charge >= 0.3 is 5.97 Å². The van der Waals surface area contributed by atoms with Gasteiger partial charge in [0.2, 0.25) is 6.43 Å². The quantitative estimate of drug-likeness (QED) is 0.623. The van der Waals surface area contributed by atoms with E-state index >= 15 is 0 Å². The van der Waals surface area contributed by atoms with Crippen molar-refractivity contribution < 1.29 is 18.3 Å². The minimum Gasteiger partial charge on any atom is -0.460 e. The first-order chi connectivity index (χ1) is 5.31. The largest absolute Gasteiger partial charge is 0.460 e. The predicted octanol–water partition coefficient (Wildman–Crippen LogP) is 2.37. The zero-order valence-electron chi connectivity index (χ0n) is 7.56. The molecule has 0 aromatic carbocycles. The molecule has 0 atom stereocenters. The van der Waals surface area contributed by atoms with Crippen molar-refractivity contribution in [3.63, 3.8) is 0 Å². The topological polar surface area (TPSA) is 26.3 Å². The number of alkyl halides is 2. The van der Waals surface area contributed by atoms with E-state index in [4.69, 9.17) is 4.74 Å². The summed E-state index contributed by atoms with van der Waals surface area (Å²) in [7, 11) is 0. The van der Waals surface area contributed by atoms with Crippen molar-refractivity contribution in [1.29, 1.82) is 0 Å². The Hall–Kier alpha value is -0.670. The fraction of sp³-hybridized carbons (Fsp3) is 0.875. The summed E-state index contributed by atoms with van der Waals surface area (Å²) in [6, 6.07) is 0. The van der Waals surface area contributed by atoms with Crippen molar-refractivity contribution in [2.24, 2.45) is 0 Å².